The molecule has 130 valence electrons. The van der Waals surface area contributed by atoms with E-state index in [1.807, 2.05) is 24.3 Å². The molecule has 2 amide bonds. The van der Waals surface area contributed by atoms with Crippen LogP contribution in [0.15, 0.2) is 42.5 Å². The summed E-state index contributed by atoms with van der Waals surface area (Å²) >= 11 is 0. The van der Waals surface area contributed by atoms with Crippen molar-refractivity contribution in [3.8, 4) is 11.5 Å². The van der Waals surface area contributed by atoms with Crippen molar-refractivity contribution in [3.63, 3.8) is 0 Å². The van der Waals surface area contributed by atoms with Crippen molar-refractivity contribution in [1.29, 1.82) is 0 Å². The van der Waals surface area contributed by atoms with Gasteiger partial charge in [0.2, 0.25) is 11.8 Å². The van der Waals surface area contributed by atoms with Crippen LogP contribution in [-0.4, -0.2) is 32.1 Å². The highest BCUT2D eigenvalue weighted by atomic mass is 16.5. The zero-order chi connectivity index (χ0) is 17.8. The number of anilines is 2. The van der Waals surface area contributed by atoms with Crippen LogP contribution in [0.2, 0.25) is 0 Å². The van der Waals surface area contributed by atoms with Crippen LogP contribution in [0.4, 0.5) is 11.4 Å². The van der Waals surface area contributed by atoms with E-state index in [9.17, 15) is 9.59 Å². The van der Waals surface area contributed by atoms with Crippen molar-refractivity contribution in [3.05, 3.63) is 48.0 Å². The van der Waals surface area contributed by atoms with Gasteiger partial charge in [-0.2, -0.15) is 0 Å². The summed E-state index contributed by atoms with van der Waals surface area (Å²) in [6.07, 6.45) is 0.265. The summed E-state index contributed by atoms with van der Waals surface area (Å²) in [7, 11) is 1.60. The molecule has 6 nitrogen and oxygen atoms in total. The Morgan fingerprint density at radius 1 is 1.20 bits per heavy atom. The van der Waals surface area contributed by atoms with Crippen LogP contribution >= 0.6 is 0 Å². The lowest BCUT2D eigenvalue weighted by Crippen LogP contribution is -2.36. The second-order valence-electron chi connectivity index (χ2n) is 5.77. The number of nitrogens with zero attached hydrogens (tertiary/aromatic N) is 1. The van der Waals surface area contributed by atoms with Crippen molar-refractivity contribution >= 4 is 23.2 Å². The molecule has 0 bridgehead atoms. The van der Waals surface area contributed by atoms with E-state index in [2.05, 4.69) is 5.32 Å². The van der Waals surface area contributed by atoms with E-state index in [0.717, 1.165) is 17.0 Å². The number of carbonyl (C=O) groups is 2. The lowest BCUT2D eigenvalue weighted by Gasteiger charge is -2.29. The van der Waals surface area contributed by atoms with Crippen LogP contribution in [0.25, 0.3) is 0 Å². The highest BCUT2D eigenvalue weighted by Crippen LogP contribution is 2.34. The second kappa shape index (κ2) is 7.25. The molecule has 0 saturated heterocycles. The van der Waals surface area contributed by atoms with Gasteiger partial charge in [0.25, 0.3) is 0 Å². The first kappa shape index (κ1) is 16.8. The maximum atomic E-state index is 12.2. The molecule has 0 radical (unpaired) electrons. The molecule has 0 aromatic heterocycles. The van der Waals surface area contributed by atoms with Crippen LogP contribution in [0, 0.1) is 0 Å². The Kier molecular flexibility index (Phi) is 4.88. The quantitative estimate of drug-likeness (QED) is 0.929. The van der Waals surface area contributed by atoms with Crippen molar-refractivity contribution in [2.45, 2.75) is 13.3 Å². The first-order valence-corrected chi connectivity index (χ1v) is 8.04. The maximum absolute atomic E-state index is 12.2. The largest absolute Gasteiger partial charge is 0.497 e. The van der Waals surface area contributed by atoms with Crippen molar-refractivity contribution in [2.75, 3.05) is 30.5 Å². The maximum Gasteiger partial charge on any atom is 0.228 e. The normalized spacial score (nSPS) is 12.8. The highest BCUT2D eigenvalue weighted by Gasteiger charge is 2.21. The van der Waals surface area contributed by atoms with E-state index in [4.69, 9.17) is 9.47 Å². The molecule has 0 unspecified atom stereocenters. The third kappa shape index (κ3) is 3.91. The lowest BCUT2D eigenvalue weighted by atomic mass is 10.1. The lowest BCUT2D eigenvalue weighted by molar-refractivity contribution is -0.117. The molecule has 2 aromatic rings. The predicted molar refractivity (Wildman–Crippen MR) is 95.3 cm³/mol. The van der Waals surface area contributed by atoms with E-state index in [1.165, 1.54) is 6.92 Å². The van der Waals surface area contributed by atoms with Crippen molar-refractivity contribution < 1.29 is 19.1 Å². The Morgan fingerprint density at radius 3 is 2.64 bits per heavy atom. The SMILES string of the molecule is COc1ccc(CC(=O)Nc2ccc3c(c2)OCCN3C(C)=O)cc1. The third-order valence-electron chi connectivity index (χ3n) is 4.01. The number of hydrogen-bond donors (Lipinski definition) is 1. The van der Waals surface area contributed by atoms with Crippen LogP contribution in [0.1, 0.15) is 12.5 Å². The number of amides is 2. The molecule has 1 aliphatic rings. The minimum absolute atomic E-state index is 0.0270. The zero-order valence-electron chi connectivity index (χ0n) is 14.2. The zero-order valence-corrected chi connectivity index (χ0v) is 14.2. The predicted octanol–water partition coefficient (Wildman–Crippen LogP) is 2.62. The van der Waals surface area contributed by atoms with E-state index >= 15 is 0 Å². The van der Waals surface area contributed by atoms with Gasteiger partial charge in [-0.25, -0.2) is 0 Å². The average molecular weight is 340 g/mol. The fourth-order valence-corrected chi connectivity index (χ4v) is 2.76. The summed E-state index contributed by atoms with van der Waals surface area (Å²) in [6, 6.07) is 12.7. The van der Waals surface area contributed by atoms with Crippen LogP contribution in [-0.2, 0) is 16.0 Å². The molecule has 0 fully saturated rings. The number of nitrogens with one attached hydrogen (secondary N) is 1. The molecular weight excluding hydrogens is 320 g/mol. The van der Waals surface area contributed by atoms with Gasteiger partial charge in [-0.3, -0.25) is 9.59 Å². The minimum Gasteiger partial charge on any atom is -0.497 e. The third-order valence-corrected chi connectivity index (χ3v) is 4.01. The molecule has 2 aromatic carbocycles. The van der Waals surface area contributed by atoms with Gasteiger partial charge in [-0.05, 0) is 29.8 Å². The minimum atomic E-state index is -0.121. The Balaban J connectivity index is 1.68. The smallest absolute Gasteiger partial charge is 0.228 e. The Bertz CT molecular complexity index is 787. The Hall–Kier alpha value is -3.02. The van der Waals surface area contributed by atoms with Gasteiger partial charge in [0, 0.05) is 18.7 Å². The summed E-state index contributed by atoms with van der Waals surface area (Å²) in [5.41, 5.74) is 2.27. The summed E-state index contributed by atoms with van der Waals surface area (Å²) in [4.78, 5) is 25.6. The number of methoxy groups -OCH3 is 1. The van der Waals surface area contributed by atoms with E-state index in [0.29, 0.717) is 24.6 Å². The van der Waals surface area contributed by atoms with Gasteiger partial charge >= 0.3 is 0 Å². The fraction of sp³-hybridized carbons (Fsp3) is 0.263. The number of fused-ring (bicyclic) bond motifs is 1. The number of ether oxygens (including phenoxy) is 2. The summed E-state index contributed by atoms with van der Waals surface area (Å²) in [5, 5.41) is 2.86. The van der Waals surface area contributed by atoms with Crippen LogP contribution in [0.3, 0.4) is 0 Å². The van der Waals surface area contributed by atoms with Crippen LogP contribution < -0.4 is 19.7 Å². The molecule has 0 spiro atoms. The Labute approximate surface area is 146 Å². The monoisotopic (exact) mass is 340 g/mol. The Morgan fingerprint density at radius 2 is 1.96 bits per heavy atom. The first-order chi connectivity index (χ1) is 12.1. The summed E-state index contributed by atoms with van der Waals surface area (Å²) in [6.45, 7) is 2.50. The molecule has 0 saturated carbocycles. The molecule has 25 heavy (non-hydrogen) atoms. The molecule has 0 aliphatic carbocycles. The van der Waals surface area contributed by atoms with Gasteiger partial charge in [-0.1, -0.05) is 12.1 Å². The number of benzene rings is 2. The van der Waals surface area contributed by atoms with Gasteiger partial charge < -0.3 is 19.7 Å². The molecule has 6 heteroatoms. The van der Waals surface area contributed by atoms with Gasteiger partial charge in [0.05, 0.1) is 25.8 Å². The standard InChI is InChI=1S/C19H20N2O4/c1-13(22)21-9-10-25-18-12-15(5-8-17(18)21)20-19(23)11-14-3-6-16(24-2)7-4-14/h3-8,12H,9-11H2,1-2H3,(H,20,23). The highest BCUT2D eigenvalue weighted by molar-refractivity contribution is 5.96. The summed E-state index contributed by atoms with van der Waals surface area (Å²) in [5.74, 6) is 1.21. The molecular formula is C19H20N2O4. The van der Waals surface area contributed by atoms with E-state index < -0.39 is 0 Å². The van der Waals surface area contributed by atoms with E-state index in [-0.39, 0.29) is 18.2 Å². The fourth-order valence-electron chi connectivity index (χ4n) is 2.76. The number of rotatable bonds is 4. The average Bonchev–Trinajstić information content (AvgIpc) is 2.61. The van der Waals surface area contributed by atoms with Gasteiger partial charge in [0.15, 0.2) is 0 Å². The van der Waals surface area contributed by atoms with Crippen molar-refractivity contribution in [1.82, 2.24) is 0 Å². The molecule has 1 heterocycles. The topological polar surface area (TPSA) is 67.9 Å². The second-order valence-corrected chi connectivity index (χ2v) is 5.77. The molecule has 0 atom stereocenters. The van der Waals surface area contributed by atoms with Gasteiger partial charge in [0.1, 0.15) is 18.1 Å². The molecule has 1 aliphatic heterocycles. The molecule has 1 N–H and O–H groups in total. The van der Waals surface area contributed by atoms with Gasteiger partial charge in [-0.15, -0.1) is 0 Å². The number of hydrogen-bond acceptors (Lipinski definition) is 4. The van der Waals surface area contributed by atoms with Crippen molar-refractivity contribution in [2.24, 2.45) is 0 Å². The molecule has 3 rings (SSSR count). The first-order valence-electron chi connectivity index (χ1n) is 8.04. The number of carbonyl (C=O) groups excluding carboxylic acids is 2. The van der Waals surface area contributed by atoms with E-state index in [1.54, 1.807) is 30.2 Å². The summed E-state index contributed by atoms with van der Waals surface area (Å²) < 4.78 is 10.7. The van der Waals surface area contributed by atoms with Crippen LogP contribution in [0.5, 0.6) is 11.5 Å².